The predicted molar refractivity (Wildman–Crippen MR) is 120 cm³/mol. The van der Waals surface area contributed by atoms with Crippen molar-refractivity contribution in [3.05, 3.63) is 38.6 Å². The van der Waals surface area contributed by atoms with Crippen molar-refractivity contribution in [2.75, 3.05) is 18.9 Å². The largest absolute Gasteiger partial charge is 0.494 e. The number of rotatable bonds is 9. The second-order valence-electron chi connectivity index (χ2n) is 6.15. The number of unbranched alkanes of at least 4 members (excludes halogenated alkanes) is 1. The maximum atomic E-state index is 12.5. The molecule has 0 aliphatic carbocycles. The van der Waals surface area contributed by atoms with E-state index in [0.29, 0.717) is 32.6 Å². The number of amides is 1. The maximum Gasteiger partial charge on any atom is 0.271 e. The van der Waals surface area contributed by atoms with Gasteiger partial charge in [-0.25, -0.2) is 4.98 Å². The number of nitrogens with zero attached hydrogens (tertiary/aromatic N) is 2. The number of aromatic nitrogens is 3. The van der Waals surface area contributed by atoms with Crippen LogP contribution in [-0.2, 0) is 4.79 Å². The number of ether oxygens (including phenoxy) is 1. The molecule has 0 atom stereocenters. The fourth-order valence-electron chi connectivity index (χ4n) is 2.64. The Labute approximate surface area is 181 Å². The maximum absolute atomic E-state index is 12.5. The van der Waals surface area contributed by atoms with Gasteiger partial charge in [0.05, 0.1) is 12.4 Å². The van der Waals surface area contributed by atoms with E-state index in [1.807, 2.05) is 31.2 Å². The van der Waals surface area contributed by atoms with Gasteiger partial charge in [0.15, 0.2) is 14.8 Å². The fourth-order valence-corrected chi connectivity index (χ4v) is 4.59. The molecule has 0 spiro atoms. The highest BCUT2D eigenvalue weighted by Crippen LogP contribution is 2.25. The van der Waals surface area contributed by atoms with E-state index in [0.717, 1.165) is 24.3 Å². The molecular formula is C19H22N4O3S3. The summed E-state index contributed by atoms with van der Waals surface area (Å²) in [4.78, 5) is 31.7. The Kier molecular flexibility index (Phi) is 7.45. The Hall–Kier alpha value is -2.17. The number of benzene rings is 1. The average molecular weight is 451 g/mol. The average Bonchev–Trinajstić information content (AvgIpc) is 3.04. The molecule has 1 aromatic carbocycles. The standard InChI is InChI=1S/C19H22N4O3S3/c1-3-5-10-20-14(24)11-28-18-21-16-15(17(25)22-18)29-19(27)23(16)12-6-8-13(9-7-12)26-4-2/h6-9H,3-5,10-11H2,1-2H3,(H,20,24)(H,21,22,25). The van der Waals surface area contributed by atoms with E-state index in [4.69, 9.17) is 17.0 Å². The number of hydrogen-bond acceptors (Lipinski definition) is 7. The molecule has 0 unspecified atom stereocenters. The zero-order valence-corrected chi connectivity index (χ0v) is 18.6. The van der Waals surface area contributed by atoms with E-state index in [1.54, 1.807) is 4.57 Å². The lowest BCUT2D eigenvalue weighted by Gasteiger charge is -2.07. The van der Waals surface area contributed by atoms with Crippen LogP contribution in [0.4, 0.5) is 0 Å². The van der Waals surface area contributed by atoms with Crippen LogP contribution >= 0.6 is 35.3 Å². The van der Waals surface area contributed by atoms with Crippen LogP contribution in [0.5, 0.6) is 5.75 Å². The number of aromatic amines is 1. The summed E-state index contributed by atoms with van der Waals surface area (Å²) in [7, 11) is 0. The Balaban J connectivity index is 1.88. The smallest absolute Gasteiger partial charge is 0.271 e. The van der Waals surface area contributed by atoms with E-state index in [2.05, 4.69) is 22.2 Å². The molecule has 0 fully saturated rings. The van der Waals surface area contributed by atoms with Crippen molar-refractivity contribution in [2.45, 2.75) is 31.8 Å². The highest BCUT2D eigenvalue weighted by molar-refractivity contribution is 7.99. The second-order valence-corrected chi connectivity index (χ2v) is 8.75. The summed E-state index contributed by atoms with van der Waals surface area (Å²) in [5.41, 5.74) is 1.03. The lowest BCUT2D eigenvalue weighted by atomic mass is 10.3. The Morgan fingerprint density at radius 1 is 1.34 bits per heavy atom. The SMILES string of the molecule is CCCCNC(=O)CSc1nc2c(sc(=S)n2-c2ccc(OCC)cc2)c(=O)[nH]1. The molecule has 0 saturated heterocycles. The summed E-state index contributed by atoms with van der Waals surface area (Å²) < 4.78 is 8.24. The van der Waals surface area contributed by atoms with Crippen molar-refractivity contribution in [3.8, 4) is 11.4 Å². The quantitative estimate of drug-likeness (QED) is 0.222. The normalized spacial score (nSPS) is 11.0. The zero-order valence-electron chi connectivity index (χ0n) is 16.2. The van der Waals surface area contributed by atoms with Crippen molar-refractivity contribution in [1.29, 1.82) is 0 Å². The van der Waals surface area contributed by atoms with E-state index in [9.17, 15) is 9.59 Å². The topological polar surface area (TPSA) is 89.0 Å². The molecule has 7 nitrogen and oxygen atoms in total. The van der Waals surface area contributed by atoms with Crippen LogP contribution in [0.2, 0.25) is 0 Å². The number of H-pyrrole nitrogens is 1. The molecule has 0 bridgehead atoms. The van der Waals surface area contributed by atoms with Gasteiger partial charge in [0.25, 0.3) is 5.56 Å². The number of thiazole rings is 1. The number of nitrogens with one attached hydrogen (secondary N) is 2. The van der Waals surface area contributed by atoms with Gasteiger partial charge < -0.3 is 15.0 Å². The molecular weight excluding hydrogens is 428 g/mol. The molecule has 154 valence electrons. The monoisotopic (exact) mass is 450 g/mol. The summed E-state index contributed by atoms with van der Waals surface area (Å²) in [5.74, 6) is 0.866. The third-order valence-corrected chi connectivity index (χ3v) is 6.25. The Morgan fingerprint density at radius 2 is 2.10 bits per heavy atom. The summed E-state index contributed by atoms with van der Waals surface area (Å²) in [6.45, 7) is 5.23. The minimum Gasteiger partial charge on any atom is -0.494 e. The van der Waals surface area contributed by atoms with Crippen LogP contribution in [-0.4, -0.2) is 39.3 Å². The molecule has 29 heavy (non-hydrogen) atoms. The molecule has 1 amide bonds. The molecule has 0 saturated carbocycles. The molecule has 0 aliphatic heterocycles. The van der Waals surface area contributed by atoms with Crippen LogP contribution in [0.3, 0.4) is 0 Å². The molecule has 3 aromatic rings. The Morgan fingerprint density at radius 3 is 2.79 bits per heavy atom. The van der Waals surface area contributed by atoms with E-state index >= 15 is 0 Å². The van der Waals surface area contributed by atoms with Crippen molar-refractivity contribution in [2.24, 2.45) is 0 Å². The fraction of sp³-hybridized carbons (Fsp3) is 0.368. The minimum atomic E-state index is -0.260. The van der Waals surface area contributed by atoms with Gasteiger partial charge in [-0.15, -0.1) is 0 Å². The van der Waals surface area contributed by atoms with Crippen molar-refractivity contribution in [3.63, 3.8) is 0 Å². The van der Waals surface area contributed by atoms with Gasteiger partial charge in [-0.1, -0.05) is 36.4 Å². The molecule has 2 N–H and O–H groups in total. The van der Waals surface area contributed by atoms with Gasteiger partial charge in [-0.3, -0.25) is 14.2 Å². The molecule has 3 rings (SSSR count). The van der Waals surface area contributed by atoms with Gasteiger partial charge in [0.1, 0.15) is 10.4 Å². The minimum absolute atomic E-state index is 0.0835. The van der Waals surface area contributed by atoms with Crippen LogP contribution < -0.4 is 15.6 Å². The Bertz CT molecular complexity index is 1100. The first-order chi connectivity index (χ1) is 14.0. The van der Waals surface area contributed by atoms with Crippen molar-refractivity contribution >= 4 is 51.6 Å². The van der Waals surface area contributed by atoms with Gasteiger partial charge in [0.2, 0.25) is 5.91 Å². The number of thioether (sulfide) groups is 1. The molecule has 10 heteroatoms. The van der Waals surface area contributed by atoms with Gasteiger partial charge in [-0.05, 0) is 49.8 Å². The molecule has 0 radical (unpaired) electrons. The van der Waals surface area contributed by atoms with Crippen LogP contribution in [0.25, 0.3) is 16.0 Å². The first kappa shape index (κ1) is 21.5. The number of hydrogen-bond donors (Lipinski definition) is 2. The van der Waals surface area contributed by atoms with Crippen LogP contribution in [0.1, 0.15) is 26.7 Å². The first-order valence-corrected chi connectivity index (χ1v) is 11.5. The number of fused-ring (bicyclic) bond motifs is 1. The number of carbonyl (C=O) groups excluding carboxylic acids is 1. The molecule has 2 heterocycles. The third kappa shape index (κ3) is 5.26. The number of carbonyl (C=O) groups is 1. The van der Waals surface area contributed by atoms with Crippen molar-refractivity contribution < 1.29 is 9.53 Å². The zero-order chi connectivity index (χ0) is 20.8. The summed E-state index contributed by atoms with van der Waals surface area (Å²) in [6, 6.07) is 7.47. The van der Waals surface area contributed by atoms with E-state index in [1.165, 1.54) is 23.1 Å². The first-order valence-electron chi connectivity index (χ1n) is 9.32. The lowest BCUT2D eigenvalue weighted by molar-refractivity contribution is -0.118. The second kappa shape index (κ2) is 10.0. The van der Waals surface area contributed by atoms with Gasteiger partial charge in [-0.2, -0.15) is 0 Å². The van der Waals surface area contributed by atoms with Crippen LogP contribution in [0.15, 0.2) is 34.2 Å². The van der Waals surface area contributed by atoms with Crippen molar-refractivity contribution in [1.82, 2.24) is 19.9 Å². The summed E-state index contributed by atoms with van der Waals surface area (Å²) >= 11 is 7.88. The van der Waals surface area contributed by atoms with Gasteiger partial charge >= 0.3 is 0 Å². The molecule has 2 aromatic heterocycles. The molecule has 0 aliphatic rings. The van der Waals surface area contributed by atoms with Gasteiger partial charge in [0, 0.05) is 12.2 Å². The summed E-state index contributed by atoms with van der Waals surface area (Å²) in [5, 5.41) is 3.24. The third-order valence-electron chi connectivity index (χ3n) is 4.02. The van der Waals surface area contributed by atoms with E-state index in [-0.39, 0.29) is 17.2 Å². The van der Waals surface area contributed by atoms with E-state index < -0.39 is 0 Å². The predicted octanol–water partition coefficient (Wildman–Crippen LogP) is 3.91. The van der Waals surface area contributed by atoms with Crippen LogP contribution in [0, 0.1) is 3.95 Å². The highest BCUT2D eigenvalue weighted by atomic mass is 32.2. The lowest BCUT2D eigenvalue weighted by Crippen LogP contribution is -2.26. The summed E-state index contributed by atoms with van der Waals surface area (Å²) in [6.07, 6.45) is 1.96. The highest BCUT2D eigenvalue weighted by Gasteiger charge is 2.14.